The summed E-state index contributed by atoms with van der Waals surface area (Å²) in [4.78, 5) is 16.2. The molecule has 0 aliphatic rings. The number of benzene rings is 3. The number of hydrogen-bond donors (Lipinski definition) is 1. The fourth-order valence-electron chi connectivity index (χ4n) is 4.16. The van der Waals surface area contributed by atoms with E-state index in [9.17, 15) is 18.0 Å². The van der Waals surface area contributed by atoms with Gasteiger partial charge in [0.1, 0.15) is 0 Å². The maximum Gasteiger partial charge on any atom is 0.407 e. The lowest BCUT2D eigenvalue weighted by Gasteiger charge is -2.19. The minimum atomic E-state index is -4.83. The van der Waals surface area contributed by atoms with Crippen molar-refractivity contribution in [2.24, 2.45) is 0 Å². The number of pyridine rings is 1. The highest BCUT2D eigenvalue weighted by Crippen LogP contribution is 2.37. The number of rotatable bonds is 5. The van der Waals surface area contributed by atoms with Crippen molar-refractivity contribution in [2.45, 2.75) is 33.5 Å². The van der Waals surface area contributed by atoms with Gasteiger partial charge >= 0.3 is 6.18 Å². The van der Waals surface area contributed by atoms with Crippen molar-refractivity contribution in [1.82, 2.24) is 4.57 Å². The molecule has 4 aromatic rings. The average Bonchev–Trinajstić information content (AvgIpc) is 2.81. The SMILES string of the molecule is [C-]#[N+]c1c(C(F)(F)F)cc(-c2ccc(Nc3cccc(C)c3)cc2)n(Cc2ccc(C)cc2C)c1=O. The Morgan fingerprint density at radius 3 is 2.19 bits per heavy atom. The van der Waals surface area contributed by atoms with E-state index in [1.54, 1.807) is 24.3 Å². The molecule has 0 aliphatic carbocycles. The Kier molecular flexibility index (Phi) is 6.71. The highest BCUT2D eigenvalue weighted by Gasteiger charge is 2.36. The second-order valence-corrected chi connectivity index (χ2v) is 8.79. The van der Waals surface area contributed by atoms with Crippen LogP contribution in [0.25, 0.3) is 16.1 Å². The Labute approximate surface area is 207 Å². The molecule has 0 unspecified atom stereocenters. The number of anilines is 2. The van der Waals surface area contributed by atoms with Crippen molar-refractivity contribution in [3.8, 4) is 11.3 Å². The van der Waals surface area contributed by atoms with E-state index in [0.717, 1.165) is 39.7 Å². The lowest BCUT2D eigenvalue weighted by Crippen LogP contribution is -2.25. The first-order valence-corrected chi connectivity index (χ1v) is 11.3. The van der Waals surface area contributed by atoms with Crippen LogP contribution in [0.2, 0.25) is 0 Å². The third-order valence-corrected chi connectivity index (χ3v) is 6.01. The molecular weight excluding hydrogens is 463 g/mol. The van der Waals surface area contributed by atoms with Crippen LogP contribution >= 0.6 is 0 Å². The molecule has 182 valence electrons. The molecular formula is C29H24F3N3O. The van der Waals surface area contributed by atoms with Crippen LogP contribution < -0.4 is 10.9 Å². The van der Waals surface area contributed by atoms with E-state index in [1.807, 2.05) is 63.2 Å². The van der Waals surface area contributed by atoms with E-state index in [-0.39, 0.29) is 12.2 Å². The zero-order valence-corrected chi connectivity index (χ0v) is 20.1. The summed E-state index contributed by atoms with van der Waals surface area (Å²) in [6, 6.07) is 21.2. The minimum absolute atomic E-state index is 0.0459. The molecule has 3 aromatic carbocycles. The van der Waals surface area contributed by atoms with Crippen molar-refractivity contribution in [3.63, 3.8) is 0 Å². The molecule has 0 saturated carbocycles. The topological polar surface area (TPSA) is 38.4 Å². The second-order valence-electron chi connectivity index (χ2n) is 8.79. The van der Waals surface area contributed by atoms with Crippen molar-refractivity contribution < 1.29 is 13.2 Å². The van der Waals surface area contributed by atoms with Crippen LogP contribution in [-0.2, 0) is 12.7 Å². The van der Waals surface area contributed by atoms with Crippen molar-refractivity contribution in [3.05, 3.63) is 122 Å². The molecule has 0 fully saturated rings. The van der Waals surface area contributed by atoms with Gasteiger partial charge in [-0.1, -0.05) is 48.0 Å². The molecule has 0 atom stereocenters. The molecule has 0 saturated heterocycles. The molecule has 7 heteroatoms. The number of nitrogens with zero attached hydrogens (tertiary/aromatic N) is 2. The molecule has 0 aliphatic heterocycles. The van der Waals surface area contributed by atoms with Crippen molar-refractivity contribution in [1.29, 1.82) is 0 Å². The first-order chi connectivity index (χ1) is 17.1. The normalized spacial score (nSPS) is 11.2. The van der Waals surface area contributed by atoms with Gasteiger partial charge in [0.25, 0.3) is 11.2 Å². The van der Waals surface area contributed by atoms with Crippen LogP contribution in [0.4, 0.5) is 30.2 Å². The van der Waals surface area contributed by atoms with Gasteiger partial charge in [-0.05, 0) is 73.4 Å². The van der Waals surface area contributed by atoms with E-state index in [0.29, 0.717) is 5.56 Å². The minimum Gasteiger partial charge on any atom is -0.356 e. The molecule has 0 spiro atoms. The highest BCUT2D eigenvalue weighted by atomic mass is 19.4. The van der Waals surface area contributed by atoms with Crippen LogP contribution in [0, 0.1) is 27.3 Å². The predicted molar refractivity (Wildman–Crippen MR) is 137 cm³/mol. The molecule has 4 nitrogen and oxygen atoms in total. The number of aromatic nitrogens is 1. The van der Waals surface area contributed by atoms with Gasteiger partial charge in [0.2, 0.25) is 0 Å². The molecule has 4 rings (SSSR count). The molecule has 0 amide bonds. The molecule has 0 bridgehead atoms. The Hall–Kier alpha value is -4.31. The van der Waals surface area contributed by atoms with Crippen molar-refractivity contribution >= 4 is 17.1 Å². The molecule has 36 heavy (non-hydrogen) atoms. The summed E-state index contributed by atoms with van der Waals surface area (Å²) in [7, 11) is 0. The fraction of sp³-hybridized carbons (Fsp3) is 0.172. The van der Waals surface area contributed by atoms with Gasteiger partial charge in [0, 0.05) is 17.1 Å². The van der Waals surface area contributed by atoms with E-state index < -0.39 is 23.0 Å². The van der Waals surface area contributed by atoms with Crippen LogP contribution in [0.1, 0.15) is 27.8 Å². The van der Waals surface area contributed by atoms with Gasteiger partial charge in [0.15, 0.2) is 0 Å². The summed E-state index contributed by atoms with van der Waals surface area (Å²) in [6.45, 7) is 13.1. The zero-order chi connectivity index (χ0) is 26.0. The van der Waals surface area contributed by atoms with E-state index in [4.69, 9.17) is 6.57 Å². The number of hydrogen-bond acceptors (Lipinski definition) is 2. The number of aryl methyl sites for hydroxylation is 3. The largest absolute Gasteiger partial charge is 0.407 e. The molecule has 1 heterocycles. The molecule has 0 radical (unpaired) electrons. The van der Waals surface area contributed by atoms with Crippen LogP contribution in [0.15, 0.2) is 77.6 Å². The van der Waals surface area contributed by atoms with Crippen LogP contribution in [-0.4, -0.2) is 4.57 Å². The van der Waals surface area contributed by atoms with Gasteiger partial charge in [-0.15, -0.1) is 0 Å². The first-order valence-electron chi connectivity index (χ1n) is 11.3. The summed E-state index contributed by atoms with van der Waals surface area (Å²) in [6.07, 6.45) is -4.83. The summed E-state index contributed by atoms with van der Waals surface area (Å²) in [5.74, 6) is 0. The number of nitrogens with one attached hydrogen (secondary N) is 1. The van der Waals surface area contributed by atoms with E-state index in [1.165, 1.54) is 4.57 Å². The first kappa shape index (κ1) is 24.8. The van der Waals surface area contributed by atoms with Gasteiger partial charge in [-0.3, -0.25) is 4.79 Å². The summed E-state index contributed by atoms with van der Waals surface area (Å²) in [5, 5.41) is 3.27. The Bertz CT molecular complexity index is 1530. The summed E-state index contributed by atoms with van der Waals surface area (Å²) >= 11 is 0. The number of halogens is 3. The third kappa shape index (κ3) is 5.18. The zero-order valence-electron chi connectivity index (χ0n) is 20.1. The molecule has 1 N–H and O–H groups in total. The summed E-state index contributed by atoms with van der Waals surface area (Å²) < 4.78 is 42.7. The predicted octanol–water partition coefficient (Wildman–Crippen LogP) is 7.80. The fourth-order valence-corrected chi connectivity index (χ4v) is 4.16. The standard InChI is InChI=1S/C29H24F3N3O/c1-18-6-5-7-24(15-18)34-23-12-10-21(11-13-23)26-16-25(29(30,31)32)27(33-4)28(36)35(26)17-22-9-8-19(2)14-20(22)3/h5-16,34H,17H2,1-3H3. The average molecular weight is 488 g/mol. The van der Waals surface area contributed by atoms with Gasteiger partial charge in [-0.25, -0.2) is 4.85 Å². The molecule has 1 aromatic heterocycles. The Morgan fingerprint density at radius 2 is 1.58 bits per heavy atom. The smallest absolute Gasteiger partial charge is 0.356 e. The third-order valence-electron chi connectivity index (χ3n) is 6.01. The van der Waals surface area contributed by atoms with Crippen LogP contribution in [0.3, 0.4) is 0 Å². The van der Waals surface area contributed by atoms with Gasteiger partial charge in [-0.2, -0.15) is 13.2 Å². The quantitative estimate of drug-likeness (QED) is 0.292. The highest BCUT2D eigenvalue weighted by molar-refractivity contribution is 5.69. The van der Waals surface area contributed by atoms with Crippen molar-refractivity contribution in [2.75, 3.05) is 5.32 Å². The lowest BCUT2D eigenvalue weighted by molar-refractivity contribution is -0.136. The second kappa shape index (κ2) is 9.74. The van der Waals surface area contributed by atoms with E-state index in [2.05, 4.69) is 10.2 Å². The maximum absolute atomic E-state index is 13.8. The van der Waals surface area contributed by atoms with Gasteiger partial charge < -0.3 is 9.88 Å². The maximum atomic E-state index is 13.8. The Balaban J connectivity index is 1.83. The van der Waals surface area contributed by atoms with E-state index >= 15 is 0 Å². The van der Waals surface area contributed by atoms with Gasteiger partial charge in [0.05, 0.1) is 18.7 Å². The summed E-state index contributed by atoms with van der Waals surface area (Å²) in [5.41, 5.74) is 2.89. The monoisotopic (exact) mass is 487 g/mol. The van der Waals surface area contributed by atoms with Crippen LogP contribution in [0.5, 0.6) is 0 Å². The lowest BCUT2D eigenvalue weighted by atomic mass is 10.0. The number of alkyl halides is 3. The Morgan fingerprint density at radius 1 is 0.889 bits per heavy atom.